The average molecular weight is 667 g/mol. The lowest BCUT2D eigenvalue weighted by molar-refractivity contribution is -0.142. The Morgan fingerprint density at radius 1 is 1.00 bits per heavy atom. The Morgan fingerprint density at radius 2 is 1.63 bits per heavy atom. The van der Waals surface area contributed by atoms with Crippen molar-refractivity contribution in [2.75, 3.05) is 25.1 Å². The minimum absolute atomic E-state index is 0.00681. The summed E-state index contributed by atoms with van der Waals surface area (Å²) in [5.41, 5.74) is 6.68. The second-order valence-electron chi connectivity index (χ2n) is 12.4. The van der Waals surface area contributed by atoms with E-state index in [0.717, 1.165) is 0 Å². The maximum absolute atomic E-state index is 13.9. The van der Waals surface area contributed by atoms with Gasteiger partial charge in [-0.05, 0) is 55.9 Å². The zero-order valence-electron chi connectivity index (χ0n) is 27.3. The van der Waals surface area contributed by atoms with Crippen LogP contribution in [0.2, 0.25) is 0 Å². The summed E-state index contributed by atoms with van der Waals surface area (Å²) in [5, 5.41) is 19.5. The number of hydrogen-bond acceptors (Lipinski definition) is 9. The number of nitrogens with one attached hydrogen (secondary N) is 5. The number of amides is 5. The molecule has 0 spiro atoms. The number of likely N-dealkylation sites (tertiary alicyclic amines) is 1. The van der Waals surface area contributed by atoms with Gasteiger partial charge in [0.05, 0.1) is 12.4 Å². The zero-order chi connectivity index (χ0) is 34.4. The normalized spacial score (nSPS) is 17.2. The number of nitrogens with zero attached hydrogens (tertiary/aromatic N) is 2. The largest absolute Gasteiger partial charge is 0.480 e. The molecule has 16 heteroatoms. The van der Waals surface area contributed by atoms with Gasteiger partial charge < -0.3 is 42.0 Å². The van der Waals surface area contributed by atoms with Crippen LogP contribution in [0.3, 0.4) is 0 Å². The van der Waals surface area contributed by atoms with Crippen molar-refractivity contribution in [2.24, 2.45) is 17.6 Å². The summed E-state index contributed by atoms with van der Waals surface area (Å²) in [6.45, 7) is 7.19. The molecule has 1 fully saturated rings. The molecule has 0 bridgehead atoms. The van der Waals surface area contributed by atoms with E-state index >= 15 is 0 Å². The number of thioether (sulfide) groups is 1. The van der Waals surface area contributed by atoms with Crippen LogP contribution in [0.1, 0.15) is 65.5 Å². The van der Waals surface area contributed by atoms with E-state index in [2.05, 4.69) is 31.2 Å². The summed E-state index contributed by atoms with van der Waals surface area (Å²) >= 11 is 1.56. The number of carbonyl (C=O) groups is 6. The fraction of sp³-hybridized carbons (Fsp3) is 0.700. The molecule has 2 rings (SSSR count). The van der Waals surface area contributed by atoms with Crippen molar-refractivity contribution in [1.29, 1.82) is 0 Å². The smallest absolute Gasteiger partial charge is 0.322 e. The van der Waals surface area contributed by atoms with Gasteiger partial charge in [0.25, 0.3) is 0 Å². The van der Waals surface area contributed by atoms with Crippen molar-refractivity contribution >= 4 is 47.3 Å². The number of carbonyl (C=O) groups excluding carboxylic acids is 5. The van der Waals surface area contributed by atoms with E-state index in [0.29, 0.717) is 30.7 Å². The van der Waals surface area contributed by atoms with E-state index in [1.165, 1.54) is 11.2 Å². The summed E-state index contributed by atoms with van der Waals surface area (Å²) in [4.78, 5) is 85.9. The number of rotatable bonds is 19. The molecule has 5 unspecified atom stereocenters. The topological polar surface area (TPSA) is 229 Å². The molecule has 0 aliphatic carbocycles. The highest BCUT2D eigenvalue weighted by atomic mass is 32.2. The van der Waals surface area contributed by atoms with Gasteiger partial charge in [0, 0.05) is 24.9 Å². The minimum Gasteiger partial charge on any atom is -0.480 e. The Morgan fingerprint density at radius 3 is 2.20 bits per heavy atom. The summed E-state index contributed by atoms with van der Waals surface area (Å²) in [7, 11) is 0. The number of carboxylic acids is 1. The van der Waals surface area contributed by atoms with Gasteiger partial charge in [-0.1, -0.05) is 27.7 Å². The van der Waals surface area contributed by atoms with Gasteiger partial charge in [-0.2, -0.15) is 11.8 Å². The predicted molar refractivity (Wildman–Crippen MR) is 173 cm³/mol. The highest BCUT2D eigenvalue weighted by molar-refractivity contribution is 7.98. The molecular weight excluding hydrogens is 616 g/mol. The average Bonchev–Trinajstić information content (AvgIpc) is 3.69. The molecule has 1 aliphatic heterocycles. The summed E-state index contributed by atoms with van der Waals surface area (Å²) in [6, 6.07) is -4.70. The molecule has 258 valence electrons. The van der Waals surface area contributed by atoms with Crippen LogP contribution in [0.5, 0.6) is 0 Å². The van der Waals surface area contributed by atoms with Gasteiger partial charge >= 0.3 is 5.97 Å². The number of H-pyrrole nitrogens is 1. The van der Waals surface area contributed by atoms with E-state index in [9.17, 15) is 28.8 Å². The molecular formula is C30H50N8O7S. The van der Waals surface area contributed by atoms with Crippen molar-refractivity contribution in [3.63, 3.8) is 0 Å². The molecule has 46 heavy (non-hydrogen) atoms. The van der Waals surface area contributed by atoms with E-state index in [4.69, 9.17) is 10.8 Å². The molecule has 1 saturated heterocycles. The lowest BCUT2D eigenvalue weighted by atomic mass is 9.99. The Kier molecular flexibility index (Phi) is 16.0. The van der Waals surface area contributed by atoms with Crippen molar-refractivity contribution in [3.8, 4) is 0 Å². The first-order chi connectivity index (χ1) is 21.7. The first kappa shape index (κ1) is 38.5. The van der Waals surface area contributed by atoms with Crippen LogP contribution in [0.25, 0.3) is 0 Å². The number of aromatic nitrogens is 2. The highest BCUT2D eigenvalue weighted by Gasteiger charge is 2.39. The van der Waals surface area contributed by atoms with E-state index in [-0.39, 0.29) is 37.6 Å². The molecule has 5 atom stereocenters. The third-order valence-electron chi connectivity index (χ3n) is 7.50. The first-order valence-electron chi connectivity index (χ1n) is 15.7. The summed E-state index contributed by atoms with van der Waals surface area (Å²) in [6.07, 6.45) is 6.91. The fourth-order valence-electron chi connectivity index (χ4n) is 5.21. The third-order valence-corrected chi connectivity index (χ3v) is 8.14. The molecule has 0 saturated carbocycles. The quantitative estimate of drug-likeness (QED) is 0.103. The van der Waals surface area contributed by atoms with Gasteiger partial charge in [0.15, 0.2) is 0 Å². The number of aliphatic carboxylic acids is 1. The number of aromatic amines is 1. The standard InChI is InChI=1S/C30H50N8O7S/c1-17(2)11-21(27(42)33-15-25(39)40)35-28(43)22(12-18(3)4)36-29(44)24-7-6-9-38(24)30(45)23(13-19-14-32-16-34-19)37-26(41)20(31)8-10-46-5/h14,16-18,20-24H,6-13,15,31H2,1-5H3,(H,32,34)(H,33,42)(H,35,43)(H,36,44)(H,37,41)(H,39,40). The van der Waals surface area contributed by atoms with Gasteiger partial charge in [0.1, 0.15) is 30.7 Å². The Labute approximate surface area is 274 Å². The number of carboxylic acid groups (broad SMARTS) is 1. The Hall–Kier alpha value is -3.66. The molecule has 1 aromatic heterocycles. The number of imidazole rings is 1. The van der Waals surface area contributed by atoms with Gasteiger partial charge in [-0.25, -0.2) is 4.98 Å². The van der Waals surface area contributed by atoms with Crippen LogP contribution >= 0.6 is 11.8 Å². The van der Waals surface area contributed by atoms with Crippen LogP contribution < -0.4 is 27.0 Å². The predicted octanol–water partition coefficient (Wildman–Crippen LogP) is -0.229. The van der Waals surface area contributed by atoms with Gasteiger partial charge in [0.2, 0.25) is 29.5 Å². The maximum Gasteiger partial charge on any atom is 0.322 e. The van der Waals surface area contributed by atoms with E-state index in [1.54, 1.807) is 18.0 Å². The summed E-state index contributed by atoms with van der Waals surface area (Å²) in [5.74, 6) is -3.20. The second kappa shape index (κ2) is 19.1. The molecule has 1 aliphatic rings. The Bertz CT molecular complexity index is 1180. The Balaban J connectivity index is 2.21. The zero-order valence-corrected chi connectivity index (χ0v) is 28.2. The van der Waals surface area contributed by atoms with Gasteiger partial charge in [-0.15, -0.1) is 0 Å². The minimum atomic E-state index is -1.21. The fourth-order valence-corrected chi connectivity index (χ4v) is 5.70. The van der Waals surface area contributed by atoms with Crippen molar-refractivity contribution in [1.82, 2.24) is 36.1 Å². The van der Waals surface area contributed by atoms with E-state index < -0.39 is 72.3 Å². The molecule has 5 amide bonds. The van der Waals surface area contributed by atoms with E-state index in [1.807, 2.05) is 34.0 Å². The lowest BCUT2D eigenvalue weighted by Gasteiger charge is -2.31. The monoisotopic (exact) mass is 666 g/mol. The van der Waals surface area contributed by atoms with Crippen LogP contribution in [-0.2, 0) is 35.2 Å². The first-order valence-corrected chi connectivity index (χ1v) is 17.1. The number of hydrogen-bond donors (Lipinski definition) is 7. The molecule has 1 aromatic rings. The third kappa shape index (κ3) is 12.6. The van der Waals surface area contributed by atoms with Crippen molar-refractivity contribution in [3.05, 3.63) is 18.2 Å². The van der Waals surface area contributed by atoms with Crippen LogP contribution in [0, 0.1) is 11.8 Å². The maximum atomic E-state index is 13.9. The highest BCUT2D eigenvalue weighted by Crippen LogP contribution is 2.21. The lowest BCUT2D eigenvalue weighted by Crippen LogP contribution is -2.59. The van der Waals surface area contributed by atoms with Crippen LogP contribution in [0.15, 0.2) is 12.5 Å². The van der Waals surface area contributed by atoms with Gasteiger partial charge in [-0.3, -0.25) is 28.8 Å². The van der Waals surface area contributed by atoms with Crippen LogP contribution in [-0.4, -0.2) is 111 Å². The van der Waals surface area contributed by atoms with Crippen molar-refractivity contribution < 1.29 is 33.9 Å². The SMILES string of the molecule is CSCCC(N)C(=O)NC(Cc1cnc[nH]1)C(=O)N1CCCC1C(=O)NC(CC(C)C)C(=O)NC(CC(C)C)C(=O)NCC(=O)O. The molecule has 2 heterocycles. The second-order valence-corrected chi connectivity index (χ2v) is 13.4. The summed E-state index contributed by atoms with van der Waals surface area (Å²) < 4.78 is 0. The van der Waals surface area contributed by atoms with Crippen LogP contribution in [0.4, 0.5) is 0 Å². The molecule has 0 radical (unpaired) electrons. The van der Waals surface area contributed by atoms with Crippen molar-refractivity contribution in [2.45, 2.75) is 96.4 Å². The number of nitrogens with two attached hydrogens (primary N) is 1. The molecule has 0 aromatic carbocycles. The molecule has 15 nitrogen and oxygen atoms in total. The molecule has 8 N–H and O–H groups in total.